The second-order valence-corrected chi connectivity index (χ2v) is 7.06. The van der Waals surface area contributed by atoms with E-state index in [1.54, 1.807) is 27.7 Å². The average molecular weight is 295 g/mol. The van der Waals surface area contributed by atoms with Crippen LogP contribution in [0.25, 0.3) is 0 Å². The summed E-state index contributed by atoms with van der Waals surface area (Å²) in [5.41, 5.74) is -1.92. The van der Waals surface area contributed by atoms with Gasteiger partial charge in [0.1, 0.15) is 0 Å². The third-order valence-electron chi connectivity index (χ3n) is 1.59. The van der Waals surface area contributed by atoms with Crippen molar-refractivity contribution in [2.45, 2.75) is 38.9 Å². The molecular weight excluding hydrogens is 279 g/mol. The van der Waals surface area contributed by atoms with Crippen LogP contribution in [-0.4, -0.2) is 35.9 Å². The molecule has 0 fully saturated rings. The average Bonchev–Trinajstić information content (AvgIpc) is 2.57. The fraction of sp³-hybridized carbons (Fsp3) is 0.429. The van der Waals surface area contributed by atoms with E-state index in [2.05, 4.69) is 23.7 Å². The molecule has 0 atom stereocenters. The van der Waals surface area contributed by atoms with Crippen molar-refractivity contribution in [2.24, 2.45) is 0 Å². The Morgan fingerprint density at radius 1 is 0.882 bits per heavy atom. The first-order valence-electron chi connectivity index (χ1n) is 5.27. The molecule has 0 spiro atoms. The Morgan fingerprint density at radius 3 is 1.53 bits per heavy atom. The summed E-state index contributed by atoms with van der Waals surface area (Å²) in [5.74, 6) is 11.5. The fourth-order valence-corrected chi connectivity index (χ4v) is 2.40. The molecule has 0 amide bonds. The van der Waals surface area contributed by atoms with Crippen LogP contribution in [0.15, 0.2) is 12.1 Å². The molecule has 0 aromatic carbocycles. The van der Waals surface area contributed by atoms with Crippen molar-refractivity contribution in [3.63, 3.8) is 0 Å². The summed E-state index contributed by atoms with van der Waals surface area (Å²) >= 11 is 0.0938. The maximum absolute atomic E-state index is 9.48. The summed E-state index contributed by atoms with van der Waals surface area (Å²) in [4.78, 5) is 0. The molecule has 2 N–H and O–H groups in total. The molecule has 1 aromatic heterocycles. The van der Waals surface area contributed by atoms with Crippen molar-refractivity contribution in [3.05, 3.63) is 21.0 Å². The molecule has 2 nitrogen and oxygen atoms in total. The first-order valence-corrected chi connectivity index (χ1v) is 6.98. The summed E-state index contributed by atoms with van der Waals surface area (Å²) in [7, 11) is 0. The van der Waals surface area contributed by atoms with Gasteiger partial charge in [0.05, 0.1) is 0 Å². The van der Waals surface area contributed by atoms with Gasteiger partial charge in [-0.2, -0.15) is 0 Å². The van der Waals surface area contributed by atoms with Gasteiger partial charge in [-0.3, -0.25) is 0 Å². The SMILES string of the molecule is CC(C)(O)C#Cc1ccc(C#CC(C)(C)O)[se]1. The molecule has 0 saturated heterocycles. The first-order chi connectivity index (χ1) is 7.66. The van der Waals surface area contributed by atoms with Gasteiger partial charge >= 0.3 is 108 Å². The van der Waals surface area contributed by atoms with E-state index in [0.717, 1.165) is 8.87 Å². The van der Waals surface area contributed by atoms with Gasteiger partial charge in [0, 0.05) is 0 Å². The molecule has 0 bridgehead atoms. The standard InChI is InChI=1S/C14H16O2Se/c1-13(2,15)9-7-11-5-6-12(17-11)8-10-14(3,4)16/h5-6,15-16H,1-4H3. The Labute approximate surface area is 108 Å². The zero-order valence-corrected chi connectivity index (χ0v) is 12.2. The van der Waals surface area contributed by atoms with Crippen molar-refractivity contribution < 1.29 is 10.2 Å². The summed E-state index contributed by atoms with van der Waals surface area (Å²) in [6.07, 6.45) is 0. The normalized spacial score (nSPS) is 11.2. The Hall–Kier alpha value is -0.961. The zero-order chi connectivity index (χ0) is 13.1. The fourth-order valence-electron chi connectivity index (χ4n) is 0.901. The van der Waals surface area contributed by atoms with Crippen molar-refractivity contribution >= 4 is 14.5 Å². The first kappa shape index (κ1) is 14.1. The van der Waals surface area contributed by atoms with Crippen molar-refractivity contribution in [1.29, 1.82) is 0 Å². The third kappa shape index (κ3) is 6.37. The van der Waals surface area contributed by atoms with Gasteiger partial charge in [0.25, 0.3) is 0 Å². The molecule has 1 aromatic rings. The molecule has 0 saturated carbocycles. The molecule has 0 radical (unpaired) electrons. The molecular formula is C14H16O2Se. The zero-order valence-electron chi connectivity index (χ0n) is 10.5. The molecule has 0 aliphatic heterocycles. The van der Waals surface area contributed by atoms with Crippen molar-refractivity contribution in [2.75, 3.05) is 0 Å². The van der Waals surface area contributed by atoms with Gasteiger partial charge in [0.15, 0.2) is 0 Å². The van der Waals surface area contributed by atoms with E-state index in [1.165, 1.54) is 0 Å². The van der Waals surface area contributed by atoms with Gasteiger partial charge < -0.3 is 0 Å². The monoisotopic (exact) mass is 296 g/mol. The summed E-state index contributed by atoms with van der Waals surface area (Å²) in [6, 6.07) is 3.85. The van der Waals surface area contributed by atoms with E-state index in [-0.39, 0.29) is 14.5 Å². The number of aliphatic hydroxyl groups is 2. The Bertz CT molecular complexity index is 458. The molecule has 0 aliphatic carbocycles. The minimum absolute atomic E-state index is 0.0938. The van der Waals surface area contributed by atoms with E-state index < -0.39 is 11.2 Å². The van der Waals surface area contributed by atoms with Crippen LogP contribution in [-0.2, 0) is 0 Å². The van der Waals surface area contributed by atoms with Crippen LogP contribution in [0.3, 0.4) is 0 Å². The van der Waals surface area contributed by atoms with Crippen LogP contribution in [0.1, 0.15) is 36.6 Å². The Kier molecular flexibility index (Phi) is 4.26. The van der Waals surface area contributed by atoms with Crippen LogP contribution in [0.4, 0.5) is 0 Å². The Morgan fingerprint density at radius 2 is 1.24 bits per heavy atom. The van der Waals surface area contributed by atoms with Crippen LogP contribution >= 0.6 is 0 Å². The molecule has 0 aliphatic rings. The molecule has 0 unspecified atom stereocenters. The number of rotatable bonds is 0. The van der Waals surface area contributed by atoms with E-state index in [9.17, 15) is 10.2 Å². The predicted octanol–water partition coefficient (Wildman–Crippen LogP) is 0.988. The summed E-state index contributed by atoms with van der Waals surface area (Å²) < 4.78 is 2.00. The third-order valence-corrected chi connectivity index (χ3v) is 3.51. The van der Waals surface area contributed by atoms with Crippen molar-refractivity contribution in [3.8, 4) is 23.7 Å². The van der Waals surface area contributed by atoms with Gasteiger partial charge in [0.2, 0.25) is 0 Å². The molecule has 90 valence electrons. The van der Waals surface area contributed by atoms with Crippen molar-refractivity contribution in [1.82, 2.24) is 0 Å². The number of hydrogen-bond acceptors (Lipinski definition) is 2. The topological polar surface area (TPSA) is 40.5 Å². The van der Waals surface area contributed by atoms with Crippen LogP contribution in [0.5, 0.6) is 0 Å². The van der Waals surface area contributed by atoms with Gasteiger partial charge in [-0.15, -0.1) is 0 Å². The molecule has 3 heteroatoms. The quantitative estimate of drug-likeness (QED) is 0.553. The van der Waals surface area contributed by atoms with Crippen LogP contribution < -0.4 is 0 Å². The molecule has 1 rings (SSSR count). The van der Waals surface area contributed by atoms with E-state index in [4.69, 9.17) is 0 Å². The second kappa shape index (κ2) is 5.13. The van der Waals surface area contributed by atoms with Crippen LogP contribution in [0, 0.1) is 23.7 Å². The van der Waals surface area contributed by atoms with Crippen LogP contribution in [0.2, 0.25) is 0 Å². The second-order valence-electron chi connectivity index (χ2n) is 4.78. The maximum atomic E-state index is 9.48. The Balaban J connectivity index is 2.85. The summed E-state index contributed by atoms with van der Waals surface area (Å²) in [6.45, 7) is 6.63. The minimum atomic E-state index is -0.960. The van der Waals surface area contributed by atoms with Gasteiger partial charge in [-0.1, -0.05) is 0 Å². The number of hydrogen-bond donors (Lipinski definition) is 2. The van der Waals surface area contributed by atoms with E-state index >= 15 is 0 Å². The summed E-state index contributed by atoms with van der Waals surface area (Å²) in [5, 5.41) is 19.0. The van der Waals surface area contributed by atoms with E-state index in [1.807, 2.05) is 12.1 Å². The van der Waals surface area contributed by atoms with E-state index in [0.29, 0.717) is 0 Å². The van der Waals surface area contributed by atoms with Gasteiger partial charge in [-0.25, -0.2) is 0 Å². The van der Waals surface area contributed by atoms with Gasteiger partial charge in [-0.05, 0) is 0 Å². The molecule has 17 heavy (non-hydrogen) atoms. The molecule has 1 heterocycles. The predicted molar refractivity (Wildman–Crippen MR) is 69.7 cm³/mol.